The fraction of sp³-hybridized carbons (Fsp3) is 0.700. The van der Waals surface area contributed by atoms with Gasteiger partial charge in [-0.05, 0) is 7.05 Å². The van der Waals surface area contributed by atoms with Crippen LogP contribution in [0.25, 0.3) is 0 Å². The lowest BCUT2D eigenvalue weighted by atomic mass is 10.1. The first-order valence-corrected chi connectivity index (χ1v) is 5.50. The van der Waals surface area contributed by atoms with Gasteiger partial charge in [0.25, 0.3) is 0 Å². The molecule has 3 N–H and O–H groups in total. The summed E-state index contributed by atoms with van der Waals surface area (Å²) in [6.07, 6.45) is 1.01. The van der Waals surface area contributed by atoms with Crippen molar-refractivity contribution in [3.05, 3.63) is 11.3 Å². The number of aromatic nitrogens is 2. The van der Waals surface area contributed by atoms with Crippen molar-refractivity contribution >= 4 is 5.82 Å². The summed E-state index contributed by atoms with van der Waals surface area (Å²) in [5.74, 6) is 0.871. The van der Waals surface area contributed by atoms with Gasteiger partial charge in [-0.15, -0.1) is 0 Å². The van der Waals surface area contributed by atoms with Crippen LogP contribution in [-0.4, -0.2) is 41.4 Å². The van der Waals surface area contributed by atoms with Gasteiger partial charge in [-0.2, -0.15) is 5.10 Å². The number of nitrogens with zero attached hydrogens (tertiary/aromatic N) is 3. The van der Waals surface area contributed by atoms with Crippen LogP contribution in [-0.2, 0) is 13.0 Å². The van der Waals surface area contributed by atoms with Gasteiger partial charge in [0.1, 0.15) is 5.82 Å². The summed E-state index contributed by atoms with van der Waals surface area (Å²) < 4.78 is 2.03. The van der Waals surface area contributed by atoms with Gasteiger partial charge >= 0.3 is 0 Å². The zero-order valence-corrected chi connectivity index (χ0v) is 9.03. The highest BCUT2D eigenvalue weighted by Crippen LogP contribution is 2.27. The van der Waals surface area contributed by atoms with E-state index >= 15 is 0 Å². The van der Waals surface area contributed by atoms with Crippen molar-refractivity contribution in [2.45, 2.75) is 19.0 Å². The second-order valence-corrected chi connectivity index (χ2v) is 4.56. The Bertz CT molecular complexity index is 377. The van der Waals surface area contributed by atoms with Gasteiger partial charge < -0.3 is 16.0 Å². The Morgan fingerprint density at radius 1 is 1.47 bits per heavy atom. The third kappa shape index (κ3) is 1.34. The van der Waals surface area contributed by atoms with E-state index in [1.54, 1.807) is 0 Å². The molecule has 0 amide bonds. The molecule has 0 spiro atoms. The number of fused-ring (bicyclic) bond motifs is 1. The molecule has 5 heteroatoms. The van der Waals surface area contributed by atoms with Crippen molar-refractivity contribution in [1.82, 2.24) is 20.0 Å². The smallest absolute Gasteiger partial charge is 0.126 e. The minimum Gasteiger partial charge on any atom is -0.384 e. The van der Waals surface area contributed by atoms with E-state index < -0.39 is 0 Å². The van der Waals surface area contributed by atoms with E-state index in [9.17, 15) is 0 Å². The zero-order chi connectivity index (χ0) is 10.4. The third-order valence-electron chi connectivity index (χ3n) is 3.36. The Kier molecular flexibility index (Phi) is 1.97. The summed E-state index contributed by atoms with van der Waals surface area (Å²) in [5, 5.41) is 7.97. The molecule has 2 aliphatic rings. The quantitative estimate of drug-likeness (QED) is 0.658. The summed E-state index contributed by atoms with van der Waals surface area (Å²) in [5.41, 5.74) is 8.54. The number of nitrogens with one attached hydrogen (secondary N) is 1. The molecule has 0 saturated carbocycles. The molecule has 5 nitrogen and oxygen atoms in total. The van der Waals surface area contributed by atoms with Crippen LogP contribution >= 0.6 is 0 Å². The van der Waals surface area contributed by atoms with Gasteiger partial charge in [0.15, 0.2) is 0 Å². The van der Waals surface area contributed by atoms with E-state index in [0.717, 1.165) is 38.4 Å². The van der Waals surface area contributed by atoms with Gasteiger partial charge in [0.05, 0.1) is 11.7 Å². The highest BCUT2D eigenvalue weighted by molar-refractivity contribution is 5.45. The molecular weight excluding hydrogens is 190 g/mol. The van der Waals surface area contributed by atoms with E-state index in [4.69, 9.17) is 5.73 Å². The first kappa shape index (κ1) is 9.18. The molecule has 0 aliphatic carbocycles. The monoisotopic (exact) mass is 207 g/mol. The van der Waals surface area contributed by atoms with Crippen LogP contribution in [0.1, 0.15) is 17.3 Å². The molecule has 0 radical (unpaired) electrons. The predicted molar refractivity (Wildman–Crippen MR) is 58.6 cm³/mol. The molecule has 1 fully saturated rings. The molecule has 0 aromatic carbocycles. The summed E-state index contributed by atoms with van der Waals surface area (Å²) in [6.45, 7) is 4.04. The molecule has 15 heavy (non-hydrogen) atoms. The van der Waals surface area contributed by atoms with Crippen LogP contribution in [0.15, 0.2) is 0 Å². The van der Waals surface area contributed by atoms with Crippen LogP contribution in [0.4, 0.5) is 5.82 Å². The molecule has 82 valence electrons. The number of nitrogen functional groups attached to an aromatic ring is 1. The first-order valence-electron chi connectivity index (χ1n) is 5.50. The molecule has 3 heterocycles. The van der Waals surface area contributed by atoms with E-state index in [-0.39, 0.29) is 0 Å². The Hall–Kier alpha value is -1.07. The molecule has 0 unspecified atom stereocenters. The van der Waals surface area contributed by atoms with Gasteiger partial charge in [0.2, 0.25) is 0 Å². The van der Waals surface area contributed by atoms with E-state index in [1.165, 1.54) is 11.3 Å². The molecule has 0 bridgehead atoms. The van der Waals surface area contributed by atoms with Gasteiger partial charge in [-0.25, -0.2) is 4.68 Å². The minimum atomic E-state index is 0.487. The number of hydrogen-bond acceptors (Lipinski definition) is 4. The lowest BCUT2D eigenvalue weighted by Gasteiger charge is -2.36. The molecule has 3 rings (SSSR count). The Balaban J connectivity index is 1.92. The maximum atomic E-state index is 6.12. The van der Waals surface area contributed by atoms with Gasteiger partial charge in [-0.1, -0.05) is 0 Å². The van der Waals surface area contributed by atoms with Crippen molar-refractivity contribution in [1.29, 1.82) is 0 Å². The lowest BCUT2D eigenvalue weighted by Crippen LogP contribution is -2.45. The number of likely N-dealkylation sites (tertiary alicyclic amines) is 1. The van der Waals surface area contributed by atoms with Crippen LogP contribution in [0.2, 0.25) is 0 Å². The predicted octanol–water partition coefficient (Wildman–Crippen LogP) is -0.402. The number of hydrogen-bond donors (Lipinski definition) is 2. The van der Waals surface area contributed by atoms with E-state index in [0.29, 0.717) is 6.04 Å². The molecule has 0 atom stereocenters. The summed E-state index contributed by atoms with van der Waals surface area (Å²) >= 11 is 0. The number of rotatable bonds is 1. The largest absolute Gasteiger partial charge is 0.384 e. The topological polar surface area (TPSA) is 59.1 Å². The highest BCUT2D eigenvalue weighted by Gasteiger charge is 2.29. The summed E-state index contributed by atoms with van der Waals surface area (Å²) in [6, 6.07) is 0.487. The maximum Gasteiger partial charge on any atom is 0.126 e. The highest BCUT2D eigenvalue weighted by atomic mass is 15.4. The lowest BCUT2D eigenvalue weighted by molar-refractivity contribution is 0.132. The Labute approximate surface area is 89.2 Å². The second-order valence-electron chi connectivity index (χ2n) is 4.56. The SMILES string of the molecule is CN1CC(n2nc3c(c2N)CNCC3)C1. The fourth-order valence-corrected chi connectivity index (χ4v) is 2.44. The molecule has 1 aromatic heterocycles. The van der Waals surface area contributed by atoms with E-state index in [2.05, 4.69) is 22.4 Å². The van der Waals surface area contributed by atoms with Crippen LogP contribution in [0, 0.1) is 0 Å². The summed E-state index contributed by atoms with van der Waals surface area (Å²) in [7, 11) is 2.12. The third-order valence-corrected chi connectivity index (χ3v) is 3.36. The molecule has 1 saturated heterocycles. The van der Waals surface area contributed by atoms with Crippen molar-refractivity contribution in [2.75, 3.05) is 32.4 Å². The van der Waals surface area contributed by atoms with Crippen LogP contribution in [0.3, 0.4) is 0 Å². The standard InChI is InChI=1S/C10H17N5/c1-14-5-7(6-14)15-10(11)8-4-12-3-2-9(8)13-15/h7,12H,2-6,11H2,1H3. The van der Waals surface area contributed by atoms with Crippen molar-refractivity contribution in [2.24, 2.45) is 0 Å². The number of likely N-dealkylation sites (N-methyl/N-ethyl adjacent to an activating group) is 1. The summed E-state index contributed by atoms with van der Waals surface area (Å²) in [4.78, 5) is 2.28. The molecule has 1 aromatic rings. The second kappa shape index (κ2) is 3.21. The maximum absolute atomic E-state index is 6.12. The van der Waals surface area contributed by atoms with Crippen LogP contribution in [0.5, 0.6) is 0 Å². The Morgan fingerprint density at radius 3 is 2.93 bits per heavy atom. The van der Waals surface area contributed by atoms with Crippen molar-refractivity contribution in [3.8, 4) is 0 Å². The zero-order valence-electron chi connectivity index (χ0n) is 9.03. The van der Waals surface area contributed by atoms with Gasteiger partial charge in [-0.3, -0.25) is 0 Å². The molecule has 2 aliphatic heterocycles. The average Bonchev–Trinajstić information content (AvgIpc) is 2.52. The Morgan fingerprint density at radius 2 is 2.27 bits per heavy atom. The number of anilines is 1. The average molecular weight is 207 g/mol. The first-order chi connectivity index (χ1) is 7.25. The molecular formula is C10H17N5. The van der Waals surface area contributed by atoms with Crippen molar-refractivity contribution < 1.29 is 0 Å². The van der Waals surface area contributed by atoms with Crippen LogP contribution < -0.4 is 11.1 Å². The van der Waals surface area contributed by atoms with Crippen molar-refractivity contribution in [3.63, 3.8) is 0 Å². The number of nitrogens with two attached hydrogens (primary N) is 1. The van der Waals surface area contributed by atoms with Gasteiger partial charge in [0, 0.05) is 38.2 Å². The van der Waals surface area contributed by atoms with E-state index in [1.807, 2.05) is 4.68 Å². The minimum absolute atomic E-state index is 0.487. The normalized spacial score (nSPS) is 22.5. The fourth-order valence-electron chi connectivity index (χ4n) is 2.44.